The standard InChI is InChI=1S/C27H29N3O2/c1-29-24(26(28)31)17-23-15-14-21-11-5-6-13-25(21)30(27(23)32)18-19-8-7-12-22(16-19)20-9-3-2-4-10-20/h2-13,16,23-24,29H,14-15,17-18H2,1H3,(H2,28,31)/t23?,24-/m0/s1. The zero-order chi connectivity index (χ0) is 22.5. The second-order valence-corrected chi connectivity index (χ2v) is 8.33. The summed E-state index contributed by atoms with van der Waals surface area (Å²) < 4.78 is 0. The third-order valence-corrected chi connectivity index (χ3v) is 6.25. The van der Waals surface area contributed by atoms with E-state index < -0.39 is 11.9 Å². The Labute approximate surface area is 189 Å². The summed E-state index contributed by atoms with van der Waals surface area (Å²) in [5, 5.41) is 2.96. The summed E-state index contributed by atoms with van der Waals surface area (Å²) in [6.45, 7) is 0.480. The quantitative estimate of drug-likeness (QED) is 0.600. The normalized spacial score (nSPS) is 16.8. The van der Waals surface area contributed by atoms with Crippen LogP contribution in [0.5, 0.6) is 0 Å². The Kier molecular flexibility index (Phi) is 6.66. The van der Waals surface area contributed by atoms with Gasteiger partial charge < -0.3 is 16.0 Å². The minimum atomic E-state index is -0.520. The second-order valence-electron chi connectivity index (χ2n) is 8.33. The van der Waals surface area contributed by atoms with E-state index in [2.05, 4.69) is 41.7 Å². The lowest BCUT2D eigenvalue weighted by Crippen LogP contribution is -2.44. The molecule has 1 aliphatic heterocycles. The minimum Gasteiger partial charge on any atom is -0.368 e. The molecule has 5 nitrogen and oxygen atoms in total. The summed E-state index contributed by atoms with van der Waals surface area (Å²) >= 11 is 0. The number of likely N-dealkylation sites (N-methyl/N-ethyl adjacent to an activating group) is 1. The van der Waals surface area contributed by atoms with E-state index in [1.54, 1.807) is 7.05 Å². The van der Waals surface area contributed by atoms with Gasteiger partial charge in [0.2, 0.25) is 11.8 Å². The maximum atomic E-state index is 13.7. The maximum Gasteiger partial charge on any atom is 0.234 e. The number of nitrogens with two attached hydrogens (primary N) is 1. The number of rotatable bonds is 7. The SMILES string of the molecule is CN[C@@H](CC1CCc2ccccc2N(Cc2cccc(-c3ccccc3)c2)C1=O)C(N)=O. The van der Waals surface area contributed by atoms with E-state index in [0.717, 1.165) is 34.4 Å². The third-order valence-electron chi connectivity index (χ3n) is 6.25. The molecule has 0 radical (unpaired) electrons. The number of benzene rings is 3. The van der Waals surface area contributed by atoms with Crippen molar-refractivity contribution in [1.29, 1.82) is 0 Å². The number of carbonyl (C=O) groups is 2. The fourth-order valence-corrected chi connectivity index (χ4v) is 4.48. The first kappa shape index (κ1) is 21.8. The molecule has 4 rings (SSSR count). The lowest BCUT2D eigenvalue weighted by molar-refractivity contribution is -0.124. The maximum absolute atomic E-state index is 13.7. The largest absolute Gasteiger partial charge is 0.368 e. The third kappa shape index (κ3) is 4.73. The summed E-state index contributed by atoms with van der Waals surface area (Å²) in [5.74, 6) is -0.657. The molecule has 32 heavy (non-hydrogen) atoms. The molecule has 0 spiro atoms. The number of nitrogens with one attached hydrogen (secondary N) is 1. The van der Waals surface area contributed by atoms with Gasteiger partial charge in [-0.3, -0.25) is 9.59 Å². The van der Waals surface area contributed by atoms with Crippen molar-refractivity contribution in [3.8, 4) is 11.1 Å². The van der Waals surface area contributed by atoms with Gasteiger partial charge in [-0.2, -0.15) is 0 Å². The molecule has 3 aromatic rings. The fraction of sp³-hybridized carbons (Fsp3) is 0.259. The Morgan fingerprint density at radius 3 is 2.50 bits per heavy atom. The number of anilines is 1. The van der Waals surface area contributed by atoms with E-state index in [0.29, 0.717) is 19.4 Å². The van der Waals surface area contributed by atoms with Gasteiger partial charge in [0.25, 0.3) is 0 Å². The van der Waals surface area contributed by atoms with Crippen LogP contribution in [0.15, 0.2) is 78.9 Å². The number of nitrogens with zero attached hydrogens (tertiary/aromatic N) is 1. The van der Waals surface area contributed by atoms with Crippen LogP contribution in [0.2, 0.25) is 0 Å². The molecule has 1 heterocycles. The number of aryl methyl sites for hydroxylation is 1. The van der Waals surface area contributed by atoms with Gasteiger partial charge in [0.1, 0.15) is 0 Å². The van der Waals surface area contributed by atoms with Gasteiger partial charge in [-0.1, -0.05) is 66.7 Å². The summed E-state index contributed by atoms with van der Waals surface area (Å²) in [6.07, 6.45) is 1.89. The summed E-state index contributed by atoms with van der Waals surface area (Å²) in [4.78, 5) is 27.4. The molecule has 0 saturated carbocycles. The number of hydrogen-bond donors (Lipinski definition) is 2. The highest BCUT2D eigenvalue weighted by atomic mass is 16.2. The van der Waals surface area contributed by atoms with Crippen molar-refractivity contribution in [2.75, 3.05) is 11.9 Å². The molecular formula is C27H29N3O2. The van der Waals surface area contributed by atoms with Gasteiger partial charge in [-0.15, -0.1) is 0 Å². The zero-order valence-corrected chi connectivity index (χ0v) is 18.3. The van der Waals surface area contributed by atoms with E-state index in [1.807, 2.05) is 47.4 Å². The lowest BCUT2D eigenvalue weighted by Gasteiger charge is -2.27. The van der Waals surface area contributed by atoms with E-state index in [4.69, 9.17) is 5.73 Å². The highest BCUT2D eigenvalue weighted by molar-refractivity contribution is 5.97. The predicted molar refractivity (Wildman–Crippen MR) is 128 cm³/mol. The van der Waals surface area contributed by atoms with Crippen molar-refractivity contribution in [2.45, 2.75) is 31.8 Å². The minimum absolute atomic E-state index is 0.0431. The van der Waals surface area contributed by atoms with E-state index >= 15 is 0 Å². The monoisotopic (exact) mass is 427 g/mol. The first-order valence-corrected chi connectivity index (χ1v) is 11.1. The Balaban J connectivity index is 1.65. The van der Waals surface area contributed by atoms with E-state index in [-0.39, 0.29) is 11.8 Å². The average molecular weight is 428 g/mol. The van der Waals surface area contributed by atoms with Gasteiger partial charge in [-0.05, 0) is 60.7 Å². The molecular weight excluding hydrogens is 398 g/mol. The van der Waals surface area contributed by atoms with Crippen LogP contribution in [0.25, 0.3) is 11.1 Å². The van der Waals surface area contributed by atoms with Crippen molar-refractivity contribution in [1.82, 2.24) is 5.32 Å². The molecule has 1 unspecified atom stereocenters. The molecule has 5 heteroatoms. The number of fused-ring (bicyclic) bond motifs is 1. The molecule has 3 N–H and O–H groups in total. The van der Waals surface area contributed by atoms with E-state index in [9.17, 15) is 9.59 Å². The molecule has 164 valence electrons. The summed E-state index contributed by atoms with van der Waals surface area (Å²) in [5.41, 5.74) is 11.0. The van der Waals surface area contributed by atoms with Crippen molar-refractivity contribution in [3.05, 3.63) is 90.0 Å². The Hall–Kier alpha value is -3.44. The Morgan fingerprint density at radius 2 is 1.75 bits per heavy atom. The zero-order valence-electron chi connectivity index (χ0n) is 18.3. The fourth-order valence-electron chi connectivity index (χ4n) is 4.48. The first-order valence-electron chi connectivity index (χ1n) is 11.1. The van der Waals surface area contributed by atoms with Gasteiger partial charge in [-0.25, -0.2) is 0 Å². The van der Waals surface area contributed by atoms with Crippen LogP contribution in [0.3, 0.4) is 0 Å². The number of para-hydroxylation sites is 1. The van der Waals surface area contributed by atoms with Gasteiger partial charge in [0.05, 0.1) is 12.6 Å². The molecule has 0 bridgehead atoms. The molecule has 3 aromatic carbocycles. The van der Waals surface area contributed by atoms with Crippen LogP contribution in [0.4, 0.5) is 5.69 Å². The van der Waals surface area contributed by atoms with Crippen molar-refractivity contribution in [2.24, 2.45) is 11.7 Å². The van der Waals surface area contributed by atoms with Crippen molar-refractivity contribution >= 4 is 17.5 Å². The predicted octanol–water partition coefficient (Wildman–Crippen LogP) is 3.91. The van der Waals surface area contributed by atoms with Crippen LogP contribution in [-0.4, -0.2) is 24.9 Å². The average Bonchev–Trinajstić information content (AvgIpc) is 2.95. The molecule has 0 fully saturated rings. The topological polar surface area (TPSA) is 75.4 Å². The Bertz CT molecular complexity index is 1100. The van der Waals surface area contributed by atoms with Crippen LogP contribution in [0, 0.1) is 5.92 Å². The Morgan fingerprint density at radius 1 is 1.03 bits per heavy atom. The van der Waals surface area contributed by atoms with Crippen LogP contribution in [0.1, 0.15) is 24.0 Å². The highest BCUT2D eigenvalue weighted by Gasteiger charge is 2.33. The van der Waals surface area contributed by atoms with Gasteiger partial charge in [0, 0.05) is 11.6 Å². The van der Waals surface area contributed by atoms with Gasteiger partial charge in [0.15, 0.2) is 0 Å². The molecule has 1 aliphatic rings. The molecule has 2 atom stereocenters. The van der Waals surface area contributed by atoms with E-state index in [1.165, 1.54) is 0 Å². The second kappa shape index (κ2) is 9.79. The lowest BCUT2D eigenvalue weighted by atomic mass is 9.93. The van der Waals surface area contributed by atoms with Crippen molar-refractivity contribution < 1.29 is 9.59 Å². The van der Waals surface area contributed by atoms with Crippen molar-refractivity contribution in [3.63, 3.8) is 0 Å². The highest BCUT2D eigenvalue weighted by Crippen LogP contribution is 2.33. The number of hydrogen-bond acceptors (Lipinski definition) is 3. The first-order chi connectivity index (χ1) is 15.6. The van der Waals surface area contributed by atoms with Crippen LogP contribution < -0.4 is 16.0 Å². The van der Waals surface area contributed by atoms with Gasteiger partial charge >= 0.3 is 0 Å². The summed E-state index contributed by atoms with van der Waals surface area (Å²) in [6, 6.07) is 26.1. The smallest absolute Gasteiger partial charge is 0.234 e. The van der Waals surface area contributed by atoms with Crippen LogP contribution >= 0.6 is 0 Å². The molecule has 2 amide bonds. The molecule has 0 saturated heterocycles. The molecule has 0 aromatic heterocycles. The molecule has 0 aliphatic carbocycles. The number of primary amides is 1. The number of carbonyl (C=O) groups excluding carboxylic acids is 2. The summed E-state index contributed by atoms with van der Waals surface area (Å²) in [7, 11) is 1.71. The van der Waals surface area contributed by atoms with Crippen LogP contribution in [-0.2, 0) is 22.6 Å². The number of amides is 2.